The highest BCUT2D eigenvalue weighted by Crippen LogP contribution is 2.52. The predicted molar refractivity (Wildman–Crippen MR) is 101 cm³/mol. The first-order valence-corrected chi connectivity index (χ1v) is 10.9. The molecular formula is C20H24N2O4S. The molecule has 27 heavy (non-hydrogen) atoms. The van der Waals surface area contributed by atoms with Crippen LogP contribution in [-0.4, -0.2) is 46.3 Å². The average molecular weight is 388 g/mol. The molecule has 1 spiro atoms. The molecule has 1 aromatic carbocycles. The summed E-state index contributed by atoms with van der Waals surface area (Å²) in [6.07, 6.45) is 2.86. The maximum atomic E-state index is 12.9. The molecule has 6 nitrogen and oxygen atoms in total. The van der Waals surface area contributed by atoms with Crippen molar-refractivity contribution in [2.45, 2.75) is 43.6 Å². The Morgan fingerprint density at radius 3 is 2.89 bits per heavy atom. The molecule has 6 rings (SSSR count). The Balaban J connectivity index is 1.33. The summed E-state index contributed by atoms with van der Waals surface area (Å²) >= 11 is 1.67. The third-order valence-electron chi connectivity index (χ3n) is 6.68. The maximum absolute atomic E-state index is 12.9. The number of carbonyl (C=O) groups excluding carboxylic acids is 2. The Morgan fingerprint density at radius 1 is 1.30 bits per heavy atom. The lowest BCUT2D eigenvalue weighted by Crippen LogP contribution is -2.67. The number of fused-ring (bicyclic) bond motifs is 3. The quantitative estimate of drug-likeness (QED) is 0.715. The molecule has 6 unspecified atom stereocenters. The van der Waals surface area contributed by atoms with Crippen LogP contribution in [0, 0.1) is 17.8 Å². The van der Waals surface area contributed by atoms with Crippen molar-refractivity contribution >= 4 is 23.6 Å². The Kier molecular flexibility index (Phi) is 4.13. The number of amides is 2. The van der Waals surface area contributed by atoms with Gasteiger partial charge in [0.25, 0.3) is 5.91 Å². The third-order valence-corrected chi connectivity index (χ3v) is 7.85. The Hall–Kier alpha value is -1.73. The van der Waals surface area contributed by atoms with Gasteiger partial charge in [0, 0.05) is 29.8 Å². The maximum Gasteiger partial charge on any atom is 0.258 e. The molecule has 3 aliphatic carbocycles. The van der Waals surface area contributed by atoms with E-state index >= 15 is 0 Å². The van der Waals surface area contributed by atoms with E-state index in [0.29, 0.717) is 23.5 Å². The van der Waals surface area contributed by atoms with E-state index in [2.05, 4.69) is 10.6 Å². The molecule has 3 saturated carbocycles. The number of thioether (sulfide) groups is 1. The number of hydrogen-bond acceptors (Lipinski definition) is 5. The zero-order valence-electron chi connectivity index (χ0n) is 15.0. The second kappa shape index (κ2) is 6.41. The largest absolute Gasteiger partial charge is 0.467 e. The van der Waals surface area contributed by atoms with Gasteiger partial charge in [-0.15, -0.1) is 0 Å². The van der Waals surface area contributed by atoms with E-state index in [1.54, 1.807) is 17.8 Å². The highest BCUT2D eigenvalue weighted by Gasteiger charge is 2.57. The van der Waals surface area contributed by atoms with Crippen LogP contribution in [0.2, 0.25) is 0 Å². The lowest BCUT2D eigenvalue weighted by atomic mass is 9.60. The molecule has 2 heterocycles. The number of hydrogen-bond donors (Lipinski definition) is 3. The summed E-state index contributed by atoms with van der Waals surface area (Å²) in [5.74, 6) is 2.30. The van der Waals surface area contributed by atoms with Crippen LogP contribution in [0.4, 0.5) is 0 Å². The van der Waals surface area contributed by atoms with Crippen molar-refractivity contribution < 1.29 is 19.4 Å². The molecule has 0 aromatic heterocycles. The average Bonchev–Trinajstić information content (AvgIpc) is 3.06. The third kappa shape index (κ3) is 2.83. The van der Waals surface area contributed by atoms with Crippen LogP contribution in [0.1, 0.15) is 36.0 Å². The van der Waals surface area contributed by atoms with Crippen LogP contribution in [-0.2, 0) is 4.79 Å². The minimum absolute atomic E-state index is 0.0497. The Labute approximate surface area is 162 Å². The summed E-state index contributed by atoms with van der Waals surface area (Å²) in [7, 11) is 0. The van der Waals surface area contributed by atoms with Crippen molar-refractivity contribution in [2.24, 2.45) is 17.8 Å². The summed E-state index contributed by atoms with van der Waals surface area (Å²) in [4.78, 5) is 25.5. The van der Waals surface area contributed by atoms with E-state index in [-0.39, 0.29) is 35.6 Å². The van der Waals surface area contributed by atoms with E-state index in [0.717, 1.165) is 25.0 Å². The highest BCUT2D eigenvalue weighted by atomic mass is 32.2. The van der Waals surface area contributed by atoms with Crippen LogP contribution < -0.4 is 15.4 Å². The number of benzene rings is 1. The molecule has 3 N–H and O–H groups in total. The minimum Gasteiger partial charge on any atom is -0.467 e. The minimum atomic E-state index is -0.687. The smallest absolute Gasteiger partial charge is 0.258 e. The predicted octanol–water partition coefficient (Wildman–Crippen LogP) is 1.53. The van der Waals surface area contributed by atoms with Gasteiger partial charge in [0.05, 0.1) is 17.7 Å². The second-order valence-corrected chi connectivity index (χ2v) is 9.32. The van der Waals surface area contributed by atoms with E-state index < -0.39 is 11.8 Å². The van der Waals surface area contributed by atoms with Gasteiger partial charge >= 0.3 is 0 Å². The monoisotopic (exact) mass is 388 g/mol. The molecule has 2 aliphatic heterocycles. The SMILES string of the molecule is O=C1NC2(CC3CCC2CC3C(=O)NC2CSCC2O)Oc2ccccc21. The molecule has 2 bridgehead atoms. The van der Waals surface area contributed by atoms with E-state index in [4.69, 9.17) is 4.74 Å². The number of ether oxygens (including phenoxy) is 1. The molecule has 4 fully saturated rings. The Morgan fingerprint density at radius 2 is 2.15 bits per heavy atom. The zero-order chi connectivity index (χ0) is 18.6. The summed E-state index contributed by atoms with van der Waals surface area (Å²) < 4.78 is 6.34. The van der Waals surface area contributed by atoms with Crippen molar-refractivity contribution in [3.05, 3.63) is 29.8 Å². The van der Waals surface area contributed by atoms with Crippen LogP contribution in [0.3, 0.4) is 0 Å². The standard InChI is InChI=1S/C20H24N2O4S/c23-16-10-27-9-15(16)21-18(24)14-7-12-6-5-11(14)8-20(12)22-19(25)13-3-1-2-4-17(13)26-20/h1-4,11-12,14-16,23H,5-10H2,(H,21,24)(H,22,25). The summed E-state index contributed by atoms with van der Waals surface area (Å²) in [6, 6.07) is 7.20. The van der Waals surface area contributed by atoms with Gasteiger partial charge in [0.15, 0.2) is 5.72 Å². The molecule has 1 saturated heterocycles. The number of carbonyl (C=O) groups is 2. The molecular weight excluding hydrogens is 364 g/mol. The van der Waals surface area contributed by atoms with E-state index in [9.17, 15) is 14.7 Å². The lowest BCUT2D eigenvalue weighted by molar-refractivity contribution is -0.147. The zero-order valence-corrected chi connectivity index (χ0v) is 15.8. The van der Waals surface area contributed by atoms with E-state index in [1.165, 1.54) is 0 Å². The van der Waals surface area contributed by atoms with Gasteiger partial charge in [-0.05, 0) is 37.3 Å². The lowest BCUT2D eigenvalue weighted by Gasteiger charge is -2.55. The number of nitrogens with one attached hydrogen (secondary N) is 2. The van der Waals surface area contributed by atoms with Crippen LogP contribution in [0.15, 0.2) is 24.3 Å². The fourth-order valence-corrected chi connectivity index (χ4v) is 6.42. The summed E-state index contributed by atoms with van der Waals surface area (Å²) in [5.41, 5.74) is -0.111. The first kappa shape index (κ1) is 17.4. The van der Waals surface area contributed by atoms with E-state index in [1.807, 2.05) is 18.2 Å². The summed E-state index contributed by atoms with van der Waals surface area (Å²) in [5, 5.41) is 16.2. The van der Waals surface area contributed by atoms with Gasteiger partial charge in [-0.3, -0.25) is 9.59 Å². The van der Waals surface area contributed by atoms with Crippen LogP contribution >= 0.6 is 11.8 Å². The van der Waals surface area contributed by atoms with Gasteiger partial charge in [-0.1, -0.05) is 12.1 Å². The van der Waals surface area contributed by atoms with Gasteiger partial charge < -0.3 is 20.5 Å². The van der Waals surface area contributed by atoms with Crippen molar-refractivity contribution in [1.29, 1.82) is 0 Å². The van der Waals surface area contributed by atoms with Gasteiger partial charge in [0.1, 0.15) is 5.75 Å². The van der Waals surface area contributed by atoms with Crippen molar-refractivity contribution in [1.82, 2.24) is 10.6 Å². The molecule has 5 aliphatic rings. The number of rotatable bonds is 2. The van der Waals surface area contributed by atoms with Crippen LogP contribution in [0.5, 0.6) is 5.75 Å². The first-order valence-electron chi connectivity index (χ1n) is 9.72. The van der Waals surface area contributed by atoms with Gasteiger partial charge in [0.2, 0.25) is 5.91 Å². The van der Waals surface area contributed by atoms with Crippen LogP contribution in [0.25, 0.3) is 0 Å². The molecule has 144 valence electrons. The number of aliphatic hydroxyl groups is 1. The fourth-order valence-electron chi connectivity index (χ4n) is 5.25. The van der Waals surface area contributed by atoms with Gasteiger partial charge in [-0.25, -0.2) is 0 Å². The van der Waals surface area contributed by atoms with Crippen molar-refractivity contribution in [3.8, 4) is 5.75 Å². The second-order valence-electron chi connectivity index (χ2n) is 8.24. The topological polar surface area (TPSA) is 87.7 Å². The van der Waals surface area contributed by atoms with Crippen molar-refractivity contribution in [3.63, 3.8) is 0 Å². The van der Waals surface area contributed by atoms with Gasteiger partial charge in [-0.2, -0.15) is 11.8 Å². The Bertz CT molecular complexity index is 787. The molecule has 0 radical (unpaired) electrons. The molecule has 1 aromatic rings. The molecule has 2 amide bonds. The normalized spacial score (nSPS) is 39.6. The molecule has 6 atom stereocenters. The highest BCUT2D eigenvalue weighted by molar-refractivity contribution is 7.99. The number of aliphatic hydroxyl groups excluding tert-OH is 1. The summed E-state index contributed by atoms with van der Waals surface area (Å²) in [6.45, 7) is 0. The first-order chi connectivity index (χ1) is 13.1. The molecule has 7 heteroatoms. The number of para-hydroxylation sites is 1. The van der Waals surface area contributed by atoms with Crippen molar-refractivity contribution in [2.75, 3.05) is 11.5 Å². The fraction of sp³-hybridized carbons (Fsp3) is 0.600.